The van der Waals surface area contributed by atoms with E-state index in [9.17, 15) is 9.59 Å². The van der Waals surface area contributed by atoms with E-state index in [1.165, 1.54) is 11.6 Å². The summed E-state index contributed by atoms with van der Waals surface area (Å²) in [5.41, 5.74) is 2.83. The Labute approximate surface area is 181 Å². The van der Waals surface area contributed by atoms with Crippen LogP contribution in [0.2, 0.25) is 0 Å². The van der Waals surface area contributed by atoms with Gasteiger partial charge < -0.3 is 14.6 Å². The number of nitrogens with one attached hydrogen (secondary N) is 2. The Morgan fingerprint density at radius 3 is 2.52 bits per heavy atom. The predicted octanol–water partition coefficient (Wildman–Crippen LogP) is 3.83. The lowest BCUT2D eigenvalue weighted by Crippen LogP contribution is -2.22. The lowest BCUT2D eigenvalue weighted by Gasteiger charge is -2.26. The molecule has 8 nitrogen and oxygen atoms in total. The van der Waals surface area contributed by atoms with E-state index >= 15 is 0 Å². The number of hydrogen-bond donors (Lipinski definition) is 4. The van der Waals surface area contributed by atoms with Gasteiger partial charge in [-0.1, -0.05) is 49.4 Å². The highest BCUT2D eigenvalue weighted by Gasteiger charge is 2.26. The topological polar surface area (TPSA) is 117 Å². The van der Waals surface area contributed by atoms with Gasteiger partial charge in [0.25, 0.3) is 5.91 Å². The number of hydrogen-bond acceptors (Lipinski definition) is 6. The van der Waals surface area contributed by atoms with Gasteiger partial charge >= 0.3 is 6.09 Å². The molecule has 0 fully saturated rings. The number of allylic oxidation sites excluding steroid dienone is 1. The molecular weight excluding hydrogens is 400 g/mol. The van der Waals surface area contributed by atoms with Crippen LogP contribution in [0.4, 0.5) is 10.5 Å². The molecular formula is C23H28N2O6. The van der Waals surface area contributed by atoms with Crippen LogP contribution in [-0.2, 0) is 9.53 Å². The molecule has 0 unspecified atom stereocenters. The van der Waals surface area contributed by atoms with Crippen LogP contribution in [0.1, 0.15) is 31.4 Å². The molecule has 2 rings (SSSR count). The van der Waals surface area contributed by atoms with E-state index in [2.05, 4.69) is 5.32 Å². The number of aliphatic hydroxyl groups excluding tert-OH is 1. The minimum atomic E-state index is -0.626. The zero-order chi connectivity index (χ0) is 22.5. The molecule has 0 aliphatic rings. The van der Waals surface area contributed by atoms with E-state index in [0.717, 1.165) is 0 Å². The maximum Gasteiger partial charge on any atom is 0.412 e. The van der Waals surface area contributed by atoms with Gasteiger partial charge in [-0.15, -0.1) is 0 Å². The average molecular weight is 428 g/mol. The Kier molecular flexibility index (Phi) is 10.1. The molecule has 0 radical (unpaired) electrons. The standard InChI is InChI=1S/C23H28N2O6/c1-17(9-5-8-14-21(27)25-29)22(19-12-6-7-13-20(19)30-16-15-26)31-23(28)24-18-10-3-2-4-11-18/h2-4,6-8,10-14,17,22,26,29H,5,9,15-16H2,1H3,(H,24,28)(H,25,27)/b14-8+/t17-,22-/m0/s1. The van der Waals surface area contributed by atoms with E-state index < -0.39 is 18.1 Å². The summed E-state index contributed by atoms with van der Waals surface area (Å²) in [7, 11) is 0. The van der Waals surface area contributed by atoms with Gasteiger partial charge in [-0.25, -0.2) is 10.3 Å². The molecule has 0 spiro atoms. The molecule has 0 heterocycles. The fraction of sp³-hybridized carbons (Fsp3) is 0.304. The summed E-state index contributed by atoms with van der Waals surface area (Å²) in [6, 6.07) is 16.2. The second kappa shape index (κ2) is 13.0. The van der Waals surface area contributed by atoms with Crippen molar-refractivity contribution in [3.05, 3.63) is 72.3 Å². The van der Waals surface area contributed by atoms with Crippen LogP contribution in [-0.4, -0.2) is 35.5 Å². The number of para-hydroxylation sites is 2. The third-order valence-corrected chi connectivity index (χ3v) is 4.51. The molecule has 2 atom stereocenters. The Morgan fingerprint density at radius 2 is 1.81 bits per heavy atom. The summed E-state index contributed by atoms with van der Waals surface area (Å²) in [5.74, 6) is -0.205. The minimum Gasteiger partial charge on any atom is -0.491 e. The molecule has 0 saturated carbocycles. The van der Waals surface area contributed by atoms with Crippen LogP contribution in [0.15, 0.2) is 66.7 Å². The maximum atomic E-state index is 12.6. The minimum absolute atomic E-state index is 0.118. The Balaban J connectivity index is 2.17. The van der Waals surface area contributed by atoms with Crippen molar-refractivity contribution < 1.29 is 29.4 Å². The number of carbonyl (C=O) groups is 2. The summed E-state index contributed by atoms with van der Waals surface area (Å²) in [5, 5.41) is 20.4. The first-order chi connectivity index (χ1) is 15.0. The van der Waals surface area contributed by atoms with Gasteiger partial charge in [0.1, 0.15) is 18.5 Å². The summed E-state index contributed by atoms with van der Waals surface area (Å²) < 4.78 is 11.4. The molecule has 2 aromatic carbocycles. The summed E-state index contributed by atoms with van der Waals surface area (Å²) in [4.78, 5) is 23.7. The highest BCUT2D eigenvalue weighted by atomic mass is 16.6. The van der Waals surface area contributed by atoms with E-state index in [1.807, 2.05) is 37.3 Å². The Hall–Kier alpha value is -3.36. The first kappa shape index (κ1) is 23.9. The van der Waals surface area contributed by atoms with Crippen LogP contribution in [0, 0.1) is 5.92 Å². The van der Waals surface area contributed by atoms with Crippen LogP contribution < -0.4 is 15.5 Å². The number of amides is 2. The molecule has 0 aliphatic carbocycles. The predicted molar refractivity (Wildman–Crippen MR) is 116 cm³/mol. The molecule has 166 valence electrons. The first-order valence-electron chi connectivity index (χ1n) is 10.0. The van der Waals surface area contributed by atoms with Crippen LogP contribution in [0.3, 0.4) is 0 Å². The zero-order valence-corrected chi connectivity index (χ0v) is 17.4. The fourth-order valence-corrected chi connectivity index (χ4v) is 3.01. The van der Waals surface area contributed by atoms with Gasteiger partial charge in [0.15, 0.2) is 0 Å². The van der Waals surface area contributed by atoms with Crippen LogP contribution in [0.25, 0.3) is 0 Å². The number of rotatable bonds is 11. The monoisotopic (exact) mass is 428 g/mol. The van der Waals surface area contributed by atoms with Gasteiger partial charge in [0.2, 0.25) is 0 Å². The van der Waals surface area contributed by atoms with Crippen molar-refractivity contribution in [1.82, 2.24) is 5.48 Å². The molecule has 0 aliphatic heterocycles. The number of benzene rings is 2. The smallest absolute Gasteiger partial charge is 0.412 e. The van der Waals surface area contributed by atoms with Gasteiger partial charge in [-0.3, -0.25) is 15.3 Å². The summed E-state index contributed by atoms with van der Waals surface area (Å²) >= 11 is 0. The van der Waals surface area contributed by atoms with Crippen molar-refractivity contribution in [3.63, 3.8) is 0 Å². The lowest BCUT2D eigenvalue weighted by atomic mass is 9.92. The highest BCUT2D eigenvalue weighted by molar-refractivity contribution is 5.86. The van der Waals surface area contributed by atoms with Gasteiger partial charge in [0, 0.05) is 17.3 Å². The quantitative estimate of drug-likeness (QED) is 0.246. The Morgan fingerprint density at radius 1 is 1.10 bits per heavy atom. The highest BCUT2D eigenvalue weighted by Crippen LogP contribution is 2.35. The summed E-state index contributed by atoms with van der Waals surface area (Å²) in [6.45, 7) is 1.91. The molecule has 0 saturated heterocycles. The van der Waals surface area contributed by atoms with Crippen molar-refractivity contribution in [2.45, 2.75) is 25.9 Å². The van der Waals surface area contributed by atoms with Crippen molar-refractivity contribution in [2.75, 3.05) is 18.5 Å². The van der Waals surface area contributed by atoms with Gasteiger partial charge in [-0.05, 0) is 37.0 Å². The molecule has 2 amide bonds. The third kappa shape index (κ3) is 8.12. The fourth-order valence-electron chi connectivity index (χ4n) is 3.01. The average Bonchev–Trinajstić information content (AvgIpc) is 2.79. The largest absolute Gasteiger partial charge is 0.491 e. The maximum absolute atomic E-state index is 12.6. The van der Waals surface area contributed by atoms with Crippen LogP contribution in [0.5, 0.6) is 5.75 Å². The second-order valence-electron chi connectivity index (χ2n) is 6.86. The first-order valence-corrected chi connectivity index (χ1v) is 10.0. The van der Waals surface area contributed by atoms with E-state index in [0.29, 0.717) is 29.8 Å². The van der Waals surface area contributed by atoms with E-state index in [-0.39, 0.29) is 19.1 Å². The van der Waals surface area contributed by atoms with Crippen molar-refractivity contribution >= 4 is 17.7 Å². The second-order valence-corrected chi connectivity index (χ2v) is 6.86. The molecule has 0 bridgehead atoms. The lowest BCUT2D eigenvalue weighted by molar-refractivity contribution is -0.124. The number of hydroxylamine groups is 1. The molecule has 31 heavy (non-hydrogen) atoms. The van der Waals surface area contributed by atoms with E-state index in [1.54, 1.807) is 30.3 Å². The van der Waals surface area contributed by atoms with Gasteiger partial charge in [-0.2, -0.15) is 0 Å². The van der Waals surface area contributed by atoms with Crippen molar-refractivity contribution in [1.29, 1.82) is 0 Å². The molecule has 2 aromatic rings. The van der Waals surface area contributed by atoms with Gasteiger partial charge in [0.05, 0.1) is 6.61 Å². The van der Waals surface area contributed by atoms with E-state index in [4.69, 9.17) is 19.8 Å². The molecule has 4 N–H and O–H groups in total. The SMILES string of the molecule is C[C@@H](CC/C=C/C(=O)NO)[C@H](OC(=O)Nc1ccccc1)c1ccccc1OCCO. The molecule has 0 aromatic heterocycles. The molecule has 8 heteroatoms. The Bertz CT molecular complexity index is 856. The number of carbonyl (C=O) groups excluding carboxylic acids is 2. The van der Waals surface area contributed by atoms with Crippen molar-refractivity contribution in [3.8, 4) is 5.75 Å². The van der Waals surface area contributed by atoms with Crippen molar-refractivity contribution in [2.24, 2.45) is 5.92 Å². The number of ether oxygens (including phenoxy) is 2. The summed E-state index contributed by atoms with van der Waals surface area (Å²) in [6.07, 6.45) is 2.79. The zero-order valence-electron chi connectivity index (χ0n) is 17.4. The third-order valence-electron chi connectivity index (χ3n) is 4.51. The number of anilines is 1. The van der Waals surface area contributed by atoms with Crippen LogP contribution >= 0.6 is 0 Å². The normalized spacial score (nSPS) is 12.7. The number of aliphatic hydroxyl groups is 1.